The van der Waals surface area contributed by atoms with Crippen molar-refractivity contribution in [2.24, 2.45) is 7.05 Å². The van der Waals surface area contributed by atoms with E-state index in [2.05, 4.69) is 15.3 Å². The van der Waals surface area contributed by atoms with Gasteiger partial charge in [0.25, 0.3) is 5.91 Å². The highest BCUT2D eigenvalue weighted by molar-refractivity contribution is 5.92. The molecule has 2 rings (SSSR count). The van der Waals surface area contributed by atoms with Crippen molar-refractivity contribution in [2.75, 3.05) is 0 Å². The summed E-state index contributed by atoms with van der Waals surface area (Å²) in [5, 5.41) is 2.81. The lowest BCUT2D eigenvalue weighted by molar-refractivity contribution is 0.0943. The molecule has 0 saturated carbocycles. The quantitative estimate of drug-likeness (QED) is 0.772. The van der Waals surface area contributed by atoms with Crippen LogP contribution in [0.2, 0.25) is 0 Å². The van der Waals surface area contributed by atoms with E-state index in [1.54, 1.807) is 24.1 Å². The molecule has 2 aromatic heterocycles. The second-order valence-corrected chi connectivity index (χ2v) is 3.29. The summed E-state index contributed by atoms with van der Waals surface area (Å²) in [5.41, 5.74) is 1.61. The first-order valence-electron chi connectivity index (χ1n) is 4.63. The van der Waals surface area contributed by atoms with Crippen LogP contribution in [-0.4, -0.2) is 20.4 Å². The van der Waals surface area contributed by atoms with Gasteiger partial charge in [-0.3, -0.25) is 4.79 Å². The van der Waals surface area contributed by atoms with Gasteiger partial charge in [0.05, 0.1) is 12.5 Å². The molecule has 0 fully saturated rings. The molecule has 0 atom stereocenters. The number of imidazole rings is 1. The summed E-state index contributed by atoms with van der Waals surface area (Å²) in [7, 11) is 1.79. The first-order valence-corrected chi connectivity index (χ1v) is 4.63. The number of nitrogens with zero attached hydrogens (tertiary/aromatic N) is 2. The fourth-order valence-corrected chi connectivity index (χ4v) is 1.32. The summed E-state index contributed by atoms with van der Waals surface area (Å²) in [6, 6.07) is 1.92. The molecule has 2 heterocycles. The highest BCUT2D eigenvalue weighted by atomic mass is 16.1. The second-order valence-electron chi connectivity index (χ2n) is 3.29. The van der Waals surface area contributed by atoms with Gasteiger partial charge in [-0.15, -0.1) is 0 Å². The van der Waals surface area contributed by atoms with E-state index >= 15 is 0 Å². The first-order chi connectivity index (χ1) is 7.27. The molecule has 0 saturated heterocycles. The molecular formula is C10H12N4O. The number of carbonyl (C=O) groups is 1. The van der Waals surface area contributed by atoms with E-state index in [0.717, 1.165) is 5.56 Å². The van der Waals surface area contributed by atoms with Crippen LogP contribution in [0.25, 0.3) is 0 Å². The molecule has 5 heteroatoms. The summed E-state index contributed by atoms with van der Waals surface area (Å²) >= 11 is 0. The predicted octanol–water partition coefficient (Wildman–Crippen LogP) is 0.678. The number of aryl methyl sites for hydroxylation is 1. The molecule has 0 aliphatic carbocycles. The van der Waals surface area contributed by atoms with Crippen LogP contribution in [0.15, 0.2) is 31.0 Å². The van der Waals surface area contributed by atoms with Crippen molar-refractivity contribution in [3.63, 3.8) is 0 Å². The van der Waals surface area contributed by atoms with Crippen molar-refractivity contribution >= 4 is 5.91 Å². The van der Waals surface area contributed by atoms with E-state index in [9.17, 15) is 4.79 Å². The molecule has 2 aromatic rings. The Bertz CT molecular complexity index is 444. The topological polar surface area (TPSA) is 62.7 Å². The normalized spacial score (nSPS) is 10.2. The van der Waals surface area contributed by atoms with Crippen LogP contribution < -0.4 is 5.32 Å². The molecule has 1 amide bonds. The van der Waals surface area contributed by atoms with Crippen LogP contribution >= 0.6 is 0 Å². The fraction of sp³-hybridized carbons (Fsp3) is 0.200. The van der Waals surface area contributed by atoms with Crippen molar-refractivity contribution in [1.29, 1.82) is 0 Å². The van der Waals surface area contributed by atoms with Gasteiger partial charge >= 0.3 is 0 Å². The molecule has 2 N–H and O–H groups in total. The molecule has 78 valence electrons. The lowest BCUT2D eigenvalue weighted by Crippen LogP contribution is -2.24. The Kier molecular flexibility index (Phi) is 2.53. The van der Waals surface area contributed by atoms with E-state index < -0.39 is 0 Å². The summed E-state index contributed by atoms with van der Waals surface area (Å²) < 4.78 is 1.69. The fourth-order valence-electron chi connectivity index (χ4n) is 1.32. The zero-order valence-electron chi connectivity index (χ0n) is 8.40. The third kappa shape index (κ3) is 2.07. The van der Waals surface area contributed by atoms with E-state index in [1.165, 1.54) is 0 Å². The minimum atomic E-state index is -0.115. The van der Waals surface area contributed by atoms with Crippen LogP contribution in [0.1, 0.15) is 16.1 Å². The number of nitrogens with one attached hydrogen (secondary N) is 2. The van der Waals surface area contributed by atoms with Crippen LogP contribution in [0.4, 0.5) is 0 Å². The molecule has 0 unspecified atom stereocenters. The number of hydrogen-bond donors (Lipinski definition) is 2. The average Bonchev–Trinajstić information content (AvgIpc) is 2.84. The Morgan fingerprint density at radius 1 is 1.67 bits per heavy atom. The Morgan fingerprint density at radius 2 is 2.53 bits per heavy atom. The lowest BCUT2D eigenvalue weighted by Gasteiger charge is -2.03. The molecule has 0 bridgehead atoms. The number of amides is 1. The highest BCUT2D eigenvalue weighted by Crippen LogP contribution is 1.99. The zero-order chi connectivity index (χ0) is 10.7. The monoisotopic (exact) mass is 204 g/mol. The van der Waals surface area contributed by atoms with Crippen molar-refractivity contribution in [3.8, 4) is 0 Å². The van der Waals surface area contributed by atoms with Crippen LogP contribution in [0.5, 0.6) is 0 Å². The number of H-pyrrole nitrogens is 1. The molecule has 0 aliphatic rings. The third-order valence-corrected chi connectivity index (χ3v) is 2.16. The standard InChI is InChI=1S/C10H12N4O/c1-14-7-12-6-9(14)10(15)13-5-8-2-3-11-4-8/h2-4,6-7,11H,5H2,1H3,(H,13,15). The summed E-state index contributed by atoms with van der Waals surface area (Å²) in [6.45, 7) is 0.521. The Labute approximate surface area is 87.1 Å². The van der Waals surface area contributed by atoms with Crippen molar-refractivity contribution in [2.45, 2.75) is 6.54 Å². The Morgan fingerprint density at radius 3 is 3.13 bits per heavy atom. The van der Waals surface area contributed by atoms with E-state index in [-0.39, 0.29) is 5.91 Å². The highest BCUT2D eigenvalue weighted by Gasteiger charge is 2.08. The van der Waals surface area contributed by atoms with Gasteiger partial charge in [0.1, 0.15) is 5.69 Å². The van der Waals surface area contributed by atoms with E-state index in [4.69, 9.17) is 0 Å². The maximum Gasteiger partial charge on any atom is 0.269 e. The van der Waals surface area contributed by atoms with E-state index in [0.29, 0.717) is 12.2 Å². The first kappa shape index (κ1) is 9.51. The smallest absolute Gasteiger partial charge is 0.269 e. The van der Waals surface area contributed by atoms with Gasteiger partial charge in [0.2, 0.25) is 0 Å². The van der Waals surface area contributed by atoms with Gasteiger partial charge in [0.15, 0.2) is 0 Å². The maximum absolute atomic E-state index is 11.6. The number of aromatic amines is 1. The molecule has 0 aliphatic heterocycles. The van der Waals surface area contributed by atoms with Gasteiger partial charge in [-0.25, -0.2) is 4.98 Å². The minimum absolute atomic E-state index is 0.115. The maximum atomic E-state index is 11.6. The SMILES string of the molecule is Cn1cncc1C(=O)NCc1cc[nH]c1. The molecule has 15 heavy (non-hydrogen) atoms. The van der Waals surface area contributed by atoms with Gasteiger partial charge in [-0.05, 0) is 11.6 Å². The van der Waals surface area contributed by atoms with Gasteiger partial charge in [-0.2, -0.15) is 0 Å². The lowest BCUT2D eigenvalue weighted by atomic mass is 10.3. The third-order valence-electron chi connectivity index (χ3n) is 2.16. The molecule has 0 spiro atoms. The number of rotatable bonds is 3. The number of hydrogen-bond acceptors (Lipinski definition) is 2. The molecule has 0 aromatic carbocycles. The van der Waals surface area contributed by atoms with Crippen LogP contribution in [0, 0.1) is 0 Å². The van der Waals surface area contributed by atoms with Crippen LogP contribution in [-0.2, 0) is 13.6 Å². The minimum Gasteiger partial charge on any atom is -0.367 e. The van der Waals surface area contributed by atoms with Gasteiger partial charge in [0, 0.05) is 26.0 Å². The zero-order valence-corrected chi connectivity index (χ0v) is 8.40. The number of carbonyl (C=O) groups excluding carboxylic acids is 1. The molecular weight excluding hydrogens is 192 g/mol. The summed E-state index contributed by atoms with van der Waals surface area (Å²) in [5.74, 6) is -0.115. The average molecular weight is 204 g/mol. The summed E-state index contributed by atoms with van der Waals surface area (Å²) in [4.78, 5) is 18.5. The molecule has 5 nitrogen and oxygen atoms in total. The largest absolute Gasteiger partial charge is 0.367 e. The van der Waals surface area contributed by atoms with Crippen molar-refractivity contribution < 1.29 is 4.79 Å². The van der Waals surface area contributed by atoms with Gasteiger partial charge in [-0.1, -0.05) is 0 Å². The van der Waals surface area contributed by atoms with Crippen molar-refractivity contribution in [3.05, 3.63) is 42.2 Å². The number of aromatic nitrogens is 3. The Balaban J connectivity index is 1.96. The van der Waals surface area contributed by atoms with Crippen LogP contribution in [0.3, 0.4) is 0 Å². The molecule has 0 radical (unpaired) electrons. The Hall–Kier alpha value is -2.04. The predicted molar refractivity (Wildman–Crippen MR) is 55.2 cm³/mol. The van der Waals surface area contributed by atoms with E-state index in [1.807, 2.05) is 18.5 Å². The van der Waals surface area contributed by atoms with Gasteiger partial charge < -0.3 is 14.9 Å². The van der Waals surface area contributed by atoms with Crippen molar-refractivity contribution in [1.82, 2.24) is 19.9 Å². The second kappa shape index (κ2) is 4.00. The summed E-state index contributed by atoms with van der Waals surface area (Å²) in [6.07, 6.45) is 6.83.